The highest BCUT2D eigenvalue weighted by atomic mass is 32.2. The first-order valence-electron chi connectivity index (χ1n) is 15.3. The number of carboxylic acids is 2. The van der Waals surface area contributed by atoms with Crippen LogP contribution in [0.2, 0.25) is 0 Å². The largest absolute Gasteiger partial charge is 0.478 e. The molecule has 0 aromatic heterocycles. The summed E-state index contributed by atoms with van der Waals surface area (Å²) in [7, 11) is -9.82. The van der Waals surface area contributed by atoms with E-state index < -0.39 is 76.5 Å². The Kier molecular flexibility index (Phi) is 11.3. The second-order valence-electron chi connectivity index (χ2n) is 11.3. The van der Waals surface area contributed by atoms with E-state index in [1.807, 2.05) is 0 Å². The molecule has 0 spiro atoms. The van der Waals surface area contributed by atoms with Crippen molar-refractivity contribution in [1.29, 1.82) is 0 Å². The zero-order valence-electron chi connectivity index (χ0n) is 27.8. The molecule has 0 radical (unpaired) electrons. The molecule has 0 aliphatic heterocycles. The van der Waals surface area contributed by atoms with Crippen LogP contribution in [0.4, 0.5) is 22.7 Å². The molecule has 286 valence electrons. The average Bonchev–Trinajstić information content (AvgIpc) is 3.13. The summed E-state index contributed by atoms with van der Waals surface area (Å²) < 4.78 is 68.1. The summed E-state index contributed by atoms with van der Waals surface area (Å²) in [5.41, 5.74) is 2.74. The van der Waals surface area contributed by atoms with Gasteiger partial charge in [-0.05, 0) is 97.1 Å². The second kappa shape index (κ2) is 15.9. The van der Waals surface area contributed by atoms with Gasteiger partial charge in [-0.2, -0.15) is 27.0 Å². The SMILES string of the molecule is O=C(O)C1=CC(=NNc2ccc(NC(=O)c3ccc(C(=O)Nc4ccc(NN=C5C=CC(=O)C(C(=O)O)=C5)c(S(=O)(=O)O)c4)cc3)cc2S(=O)(=O)O)C=CC1=O. The highest BCUT2D eigenvalue weighted by Crippen LogP contribution is 2.28. The molecule has 2 aliphatic rings. The van der Waals surface area contributed by atoms with Crippen LogP contribution in [0.5, 0.6) is 0 Å². The van der Waals surface area contributed by atoms with Crippen molar-refractivity contribution >= 4 is 89.7 Å². The Balaban J connectivity index is 1.27. The van der Waals surface area contributed by atoms with Gasteiger partial charge in [0.25, 0.3) is 32.1 Å². The van der Waals surface area contributed by atoms with Gasteiger partial charge in [-0.1, -0.05) is 0 Å². The Bertz CT molecular complexity index is 2480. The summed E-state index contributed by atoms with van der Waals surface area (Å²) in [6, 6.07) is 11.6. The van der Waals surface area contributed by atoms with Crippen LogP contribution in [0.3, 0.4) is 0 Å². The summed E-state index contributed by atoms with van der Waals surface area (Å²) in [5, 5.41) is 30.8. The quantitative estimate of drug-likeness (QED) is 0.0564. The molecule has 0 heterocycles. The van der Waals surface area contributed by atoms with Crippen molar-refractivity contribution in [3.63, 3.8) is 0 Å². The van der Waals surface area contributed by atoms with Gasteiger partial charge in [0, 0.05) is 22.5 Å². The number of rotatable bonds is 12. The van der Waals surface area contributed by atoms with E-state index in [4.69, 9.17) is 10.2 Å². The van der Waals surface area contributed by atoms with Crippen LogP contribution in [0.15, 0.2) is 128 Å². The Morgan fingerprint density at radius 1 is 0.536 bits per heavy atom. The van der Waals surface area contributed by atoms with Crippen molar-refractivity contribution in [3.8, 4) is 0 Å². The van der Waals surface area contributed by atoms with E-state index >= 15 is 0 Å². The lowest BCUT2D eigenvalue weighted by atomic mass is 10.0. The number of allylic oxidation sites excluding steroid dienone is 6. The summed E-state index contributed by atoms with van der Waals surface area (Å²) >= 11 is 0. The number of aliphatic carboxylic acids is 2. The van der Waals surface area contributed by atoms with Gasteiger partial charge >= 0.3 is 11.9 Å². The van der Waals surface area contributed by atoms with Crippen LogP contribution < -0.4 is 21.5 Å². The van der Waals surface area contributed by atoms with Crippen molar-refractivity contribution in [3.05, 3.63) is 119 Å². The van der Waals surface area contributed by atoms with E-state index in [0.717, 1.165) is 48.6 Å². The second-order valence-corrected chi connectivity index (χ2v) is 14.1. The normalized spacial score (nSPS) is 15.5. The fourth-order valence-corrected chi connectivity index (χ4v) is 6.09. The van der Waals surface area contributed by atoms with Crippen molar-refractivity contribution in [1.82, 2.24) is 0 Å². The summed E-state index contributed by atoms with van der Waals surface area (Å²) in [5.74, 6) is -6.09. The van der Waals surface area contributed by atoms with E-state index in [9.17, 15) is 54.7 Å². The van der Waals surface area contributed by atoms with Gasteiger partial charge in [-0.25, -0.2) is 9.59 Å². The molecule has 2 amide bonds. The van der Waals surface area contributed by atoms with Crippen LogP contribution in [-0.2, 0) is 39.4 Å². The van der Waals surface area contributed by atoms with Crippen molar-refractivity contribution in [2.75, 3.05) is 21.5 Å². The number of carboxylic acid groups (broad SMARTS) is 2. The van der Waals surface area contributed by atoms with Crippen molar-refractivity contribution in [2.45, 2.75) is 9.79 Å². The van der Waals surface area contributed by atoms with Gasteiger partial charge < -0.3 is 20.8 Å². The highest BCUT2D eigenvalue weighted by Gasteiger charge is 2.22. The predicted octanol–water partition coefficient (Wildman–Crippen LogP) is 2.52. The van der Waals surface area contributed by atoms with Gasteiger partial charge in [-0.3, -0.25) is 39.1 Å². The molecule has 0 fully saturated rings. The average molecular weight is 805 g/mol. The summed E-state index contributed by atoms with van der Waals surface area (Å²) in [6.45, 7) is 0. The Hall–Kier alpha value is -7.40. The van der Waals surface area contributed by atoms with E-state index in [0.29, 0.717) is 0 Å². The minimum Gasteiger partial charge on any atom is -0.478 e. The fraction of sp³-hybridized carbons (Fsp3) is 0. The summed E-state index contributed by atoms with van der Waals surface area (Å²) in [6.07, 6.45) is 6.15. The first-order chi connectivity index (χ1) is 26.3. The number of carbonyl (C=O) groups excluding carboxylic acids is 4. The maximum absolute atomic E-state index is 13.0. The first kappa shape index (κ1) is 39.8. The lowest BCUT2D eigenvalue weighted by Crippen LogP contribution is -2.16. The third-order valence-corrected chi connectivity index (χ3v) is 9.23. The topological polar surface area (TPSA) is 324 Å². The smallest absolute Gasteiger partial charge is 0.339 e. The molecule has 20 nitrogen and oxygen atoms in total. The van der Waals surface area contributed by atoms with Gasteiger partial charge in [0.15, 0.2) is 11.6 Å². The van der Waals surface area contributed by atoms with Crippen molar-refractivity contribution in [2.24, 2.45) is 10.2 Å². The van der Waals surface area contributed by atoms with E-state index in [2.05, 4.69) is 31.7 Å². The number of hydrogen-bond donors (Lipinski definition) is 8. The Morgan fingerprint density at radius 2 is 0.893 bits per heavy atom. The number of ketones is 2. The number of carbonyl (C=O) groups is 6. The Labute approximate surface area is 314 Å². The molecule has 0 unspecified atom stereocenters. The molecule has 22 heteroatoms. The molecule has 3 aromatic rings. The maximum atomic E-state index is 13.0. The number of amides is 2. The minimum absolute atomic E-state index is 0.00332. The molecule has 8 N–H and O–H groups in total. The lowest BCUT2D eigenvalue weighted by molar-refractivity contribution is -0.135. The molecule has 0 atom stereocenters. The van der Waals surface area contributed by atoms with Crippen LogP contribution in [0.1, 0.15) is 20.7 Å². The molecular formula is C34H24N6O14S2. The third-order valence-electron chi connectivity index (χ3n) is 7.44. The van der Waals surface area contributed by atoms with Gasteiger partial charge in [0.2, 0.25) is 0 Å². The number of anilines is 4. The zero-order chi connectivity index (χ0) is 40.9. The minimum atomic E-state index is -4.91. The number of hydrogen-bond acceptors (Lipinski definition) is 14. The zero-order valence-corrected chi connectivity index (χ0v) is 29.5. The standard InChI is InChI=1S/C34H24N6O14S2/c41-27-11-7-21(13-23(27)33(45)46)37-39-25-9-5-19(15-29(25)55(49,50)51)35-31(43)17-1-2-18(4-3-17)32(44)36-20-6-10-26(30(16-20)56(52,53)54)40-38-22-8-12-28(42)24(14-22)34(47)48/h1-16,39-40H,(H,35,43)(H,36,44)(H,45,46)(H,47,48)(H,49,50,51)(H,52,53,54). The molecule has 0 bridgehead atoms. The highest BCUT2D eigenvalue weighted by molar-refractivity contribution is 7.86. The van der Waals surface area contributed by atoms with Crippen LogP contribution in [0, 0.1) is 0 Å². The van der Waals surface area contributed by atoms with Crippen LogP contribution >= 0.6 is 0 Å². The Morgan fingerprint density at radius 3 is 1.21 bits per heavy atom. The van der Waals surface area contributed by atoms with E-state index in [-0.39, 0.29) is 45.3 Å². The molecule has 0 saturated heterocycles. The molecule has 3 aromatic carbocycles. The maximum Gasteiger partial charge on any atom is 0.339 e. The number of hydrazone groups is 2. The molecular weight excluding hydrogens is 781 g/mol. The van der Waals surface area contributed by atoms with E-state index in [1.54, 1.807) is 0 Å². The molecule has 0 saturated carbocycles. The number of benzene rings is 3. The lowest BCUT2D eigenvalue weighted by Gasteiger charge is -2.12. The van der Waals surface area contributed by atoms with E-state index in [1.165, 1.54) is 48.6 Å². The van der Waals surface area contributed by atoms with Crippen molar-refractivity contribution < 1.29 is 64.9 Å². The molecule has 5 rings (SSSR count). The van der Waals surface area contributed by atoms with Crippen LogP contribution in [-0.4, -0.2) is 82.9 Å². The number of nitrogens with one attached hydrogen (secondary N) is 4. The van der Waals surface area contributed by atoms with Gasteiger partial charge in [0.1, 0.15) is 20.9 Å². The summed E-state index contributed by atoms with van der Waals surface area (Å²) in [4.78, 5) is 70.3. The molecule has 2 aliphatic carbocycles. The predicted molar refractivity (Wildman–Crippen MR) is 197 cm³/mol. The number of nitrogens with zero attached hydrogens (tertiary/aromatic N) is 2. The van der Waals surface area contributed by atoms with Gasteiger partial charge in [-0.15, -0.1) is 0 Å². The van der Waals surface area contributed by atoms with Crippen LogP contribution in [0.25, 0.3) is 0 Å². The van der Waals surface area contributed by atoms with Gasteiger partial charge in [0.05, 0.1) is 22.8 Å². The third kappa shape index (κ3) is 9.57. The monoisotopic (exact) mass is 804 g/mol. The fourth-order valence-electron chi connectivity index (χ4n) is 4.75. The first-order valence-corrected chi connectivity index (χ1v) is 18.2. The molecule has 56 heavy (non-hydrogen) atoms.